The average molecular weight is 456 g/mol. The molecule has 0 bridgehead atoms. The van der Waals surface area contributed by atoms with Crippen molar-refractivity contribution in [3.05, 3.63) is 53.9 Å². The maximum atomic E-state index is 12.1. The van der Waals surface area contributed by atoms with E-state index < -0.39 is 12.0 Å². The molecule has 7 heteroatoms. The van der Waals surface area contributed by atoms with Crippen LogP contribution in [0.15, 0.2) is 53.3 Å². The molecule has 1 saturated heterocycles. The summed E-state index contributed by atoms with van der Waals surface area (Å²) in [5.74, 6) is 0.735. The molecule has 1 aromatic carbocycles. The zero-order valence-electron chi connectivity index (χ0n) is 19.9. The summed E-state index contributed by atoms with van der Waals surface area (Å²) < 4.78 is 11.5. The van der Waals surface area contributed by atoms with E-state index in [4.69, 9.17) is 14.5 Å². The average Bonchev–Trinajstić information content (AvgIpc) is 3.27. The van der Waals surface area contributed by atoms with Crippen molar-refractivity contribution in [2.45, 2.75) is 57.6 Å². The summed E-state index contributed by atoms with van der Waals surface area (Å²) >= 11 is 0. The molecule has 0 radical (unpaired) electrons. The summed E-state index contributed by atoms with van der Waals surface area (Å²) in [5, 5.41) is 13.3. The van der Waals surface area contributed by atoms with Gasteiger partial charge in [0.25, 0.3) is 0 Å². The first-order valence-electron chi connectivity index (χ1n) is 11.9. The van der Waals surface area contributed by atoms with Crippen molar-refractivity contribution < 1.29 is 19.4 Å². The van der Waals surface area contributed by atoms with Gasteiger partial charge >= 0.3 is 5.97 Å². The van der Waals surface area contributed by atoms with E-state index >= 15 is 0 Å². The van der Waals surface area contributed by atoms with Gasteiger partial charge in [0, 0.05) is 37.5 Å². The van der Waals surface area contributed by atoms with Crippen LogP contribution in [0.4, 0.5) is 0 Å². The molecule has 3 rings (SSSR count). The molecule has 7 nitrogen and oxygen atoms in total. The Kier molecular flexibility index (Phi) is 9.51. The number of carboxylic acid groups (broad SMARTS) is 1. The molecule has 2 aliphatic heterocycles. The van der Waals surface area contributed by atoms with Crippen LogP contribution in [0.5, 0.6) is 5.75 Å². The highest BCUT2D eigenvalue weighted by Crippen LogP contribution is 2.32. The van der Waals surface area contributed by atoms with Gasteiger partial charge < -0.3 is 19.9 Å². The van der Waals surface area contributed by atoms with Crippen molar-refractivity contribution in [2.75, 3.05) is 33.4 Å². The number of carbonyl (C=O) groups is 1. The van der Waals surface area contributed by atoms with Gasteiger partial charge in [0.15, 0.2) is 0 Å². The third-order valence-corrected chi connectivity index (χ3v) is 6.31. The minimum atomic E-state index is -0.866. The number of nitrogens with one attached hydrogen (secondary N) is 1. The number of ether oxygens (including phenoxy) is 2. The molecule has 2 heterocycles. The number of methoxy groups -OCH3 is 1. The Morgan fingerprint density at radius 1 is 1.39 bits per heavy atom. The van der Waals surface area contributed by atoms with Crippen LogP contribution in [0.1, 0.15) is 57.1 Å². The lowest BCUT2D eigenvalue weighted by Gasteiger charge is -2.25. The van der Waals surface area contributed by atoms with Gasteiger partial charge in [-0.15, -0.1) is 0 Å². The zero-order chi connectivity index (χ0) is 23.6. The molecule has 180 valence electrons. The van der Waals surface area contributed by atoms with Crippen LogP contribution in [0.25, 0.3) is 0 Å². The molecule has 1 aromatic rings. The quantitative estimate of drug-likeness (QED) is 0.361. The largest absolute Gasteiger partial charge is 0.496 e. The number of rotatable bonds is 12. The predicted octanol–water partition coefficient (Wildman–Crippen LogP) is 4.32. The van der Waals surface area contributed by atoms with Gasteiger partial charge in [-0.3, -0.25) is 9.69 Å². The Morgan fingerprint density at radius 2 is 2.21 bits per heavy atom. The van der Waals surface area contributed by atoms with E-state index in [2.05, 4.69) is 18.8 Å². The summed E-state index contributed by atoms with van der Waals surface area (Å²) in [6.45, 7) is 8.98. The number of aliphatic carboxylic acids is 1. The predicted molar refractivity (Wildman–Crippen MR) is 131 cm³/mol. The highest BCUT2D eigenvalue weighted by atomic mass is 16.5. The topological polar surface area (TPSA) is 83.4 Å². The van der Waals surface area contributed by atoms with Crippen molar-refractivity contribution >= 4 is 11.7 Å². The maximum absolute atomic E-state index is 12.1. The third-order valence-electron chi connectivity index (χ3n) is 6.31. The highest BCUT2D eigenvalue weighted by molar-refractivity contribution is 5.95. The van der Waals surface area contributed by atoms with Gasteiger partial charge in [0.1, 0.15) is 17.6 Å². The first-order chi connectivity index (χ1) is 16.0. The number of benzene rings is 1. The molecular formula is C26H37N3O4. The van der Waals surface area contributed by atoms with Crippen molar-refractivity contribution in [2.24, 2.45) is 4.99 Å². The molecule has 0 aromatic heterocycles. The number of allylic oxidation sites excluding steroid dienone is 2. The lowest BCUT2D eigenvalue weighted by Crippen LogP contribution is -2.33. The molecule has 2 N–H and O–H groups in total. The number of nitrogens with zero attached hydrogens (tertiary/aromatic N) is 2. The van der Waals surface area contributed by atoms with Gasteiger partial charge in [0.05, 0.1) is 13.2 Å². The van der Waals surface area contributed by atoms with Gasteiger partial charge in [-0.1, -0.05) is 24.8 Å². The number of likely N-dealkylation sites (tertiary alicyclic amines) is 1. The number of aliphatic imine (C=N–C) groups is 1. The van der Waals surface area contributed by atoms with Crippen LogP contribution in [-0.2, 0) is 9.53 Å². The molecule has 0 amide bonds. The summed E-state index contributed by atoms with van der Waals surface area (Å²) in [4.78, 5) is 18.8. The molecule has 1 unspecified atom stereocenters. The monoisotopic (exact) mass is 455 g/mol. The maximum Gasteiger partial charge on any atom is 0.325 e. The Morgan fingerprint density at radius 3 is 2.94 bits per heavy atom. The Labute approximate surface area is 197 Å². The summed E-state index contributed by atoms with van der Waals surface area (Å²) in [5.41, 5.74) is 3.00. The molecule has 2 atom stereocenters. The van der Waals surface area contributed by atoms with Crippen LogP contribution in [0.3, 0.4) is 0 Å². The summed E-state index contributed by atoms with van der Waals surface area (Å²) in [6, 6.07) is 6.60. The fraction of sp³-hybridized carbons (Fsp3) is 0.538. The summed E-state index contributed by atoms with van der Waals surface area (Å²) in [6.07, 6.45) is 7.77. The first-order valence-corrected chi connectivity index (χ1v) is 11.9. The minimum Gasteiger partial charge on any atom is -0.496 e. The van der Waals surface area contributed by atoms with Crippen LogP contribution >= 0.6 is 0 Å². The molecular weight excluding hydrogens is 418 g/mol. The smallest absolute Gasteiger partial charge is 0.325 e. The second-order valence-corrected chi connectivity index (χ2v) is 8.68. The van der Waals surface area contributed by atoms with E-state index in [0.29, 0.717) is 31.0 Å². The van der Waals surface area contributed by atoms with Crippen LogP contribution in [0.2, 0.25) is 0 Å². The SMILES string of the molecule is C=CC(CCCCO[C@@H]1CCN(C(C(=O)O)c2ccccc2OC)C1)=NC1=C(C)CCCN1. The Balaban J connectivity index is 1.45. The minimum absolute atomic E-state index is 0.0494. The van der Waals surface area contributed by atoms with Crippen LogP contribution < -0.4 is 10.1 Å². The molecule has 1 fully saturated rings. The number of hydrogen-bond donors (Lipinski definition) is 2. The zero-order valence-corrected chi connectivity index (χ0v) is 19.9. The van der Waals surface area contributed by atoms with Crippen molar-refractivity contribution in [1.82, 2.24) is 10.2 Å². The fourth-order valence-electron chi connectivity index (χ4n) is 4.47. The molecule has 2 aliphatic rings. The lowest BCUT2D eigenvalue weighted by molar-refractivity contribution is -0.143. The molecule has 33 heavy (non-hydrogen) atoms. The van der Waals surface area contributed by atoms with Gasteiger partial charge in [-0.05, 0) is 63.2 Å². The van der Waals surface area contributed by atoms with Crippen LogP contribution in [-0.4, -0.2) is 61.1 Å². The van der Waals surface area contributed by atoms with E-state index in [1.807, 2.05) is 29.2 Å². The van der Waals surface area contributed by atoms with Crippen molar-refractivity contribution in [3.63, 3.8) is 0 Å². The standard InChI is InChI=1S/C26H37N3O4/c1-4-20(28-25-19(2)10-9-15-27-25)11-7-8-17-33-21-14-16-29(18-21)24(26(30)31)22-12-5-6-13-23(22)32-3/h4-6,12-13,21,24,27H,1,7-11,14-18H2,2-3H3,(H,30,31)/t21-,24?/m1/s1. The van der Waals surface area contributed by atoms with Gasteiger partial charge in [-0.25, -0.2) is 4.99 Å². The second-order valence-electron chi connectivity index (χ2n) is 8.68. The van der Waals surface area contributed by atoms with E-state index in [0.717, 1.165) is 56.6 Å². The summed E-state index contributed by atoms with van der Waals surface area (Å²) in [7, 11) is 1.57. The number of hydrogen-bond acceptors (Lipinski definition) is 6. The highest BCUT2D eigenvalue weighted by Gasteiger charge is 2.35. The van der Waals surface area contributed by atoms with Gasteiger partial charge in [0.2, 0.25) is 0 Å². The van der Waals surface area contributed by atoms with Crippen molar-refractivity contribution in [3.8, 4) is 5.75 Å². The van der Waals surface area contributed by atoms with E-state index in [1.54, 1.807) is 13.2 Å². The third kappa shape index (κ3) is 6.92. The number of unbranched alkanes of at least 4 members (excludes halogenated alkanes) is 1. The van der Waals surface area contributed by atoms with E-state index in [-0.39, 0.29) is 6.10 Å². The van der Waals surface area contributed by atoms with E-state index in [1.165, 1.54) is 5.57 Å². The Bertz CT molecular complexity index is 880. The molecule has 0 spiro atoms. The normalized spacial score (nSPS) is 20.4. The molecule has 0 aliphatic carbocycles. The number of para-hydroxylation sites is 1. The fourth-order valence-corrected chi connectivity index (χ4v) is 4.47. The number of carboxylic acids is 1. The van der Waals surface area contributed by atoms with Crippen LogP contribution in [0, 0.1) is 0 Å². The van der Waals surface area contributed by atoms with E-state index in [9.17, 15) is 9.90 Å². The van der Waals surface area contributed by atoms with Gasteiger partial charge in [-0.2, -0.15) is 0 Å². The van der Waals surface area contributed by atoms with Crippen molar-refractivity contribution in [1.29, 1.82) is 0 Å². The second kappa shape index (κ2) is 12.6. The molecule has 0 saturated carbocycles. The lowest BCUT2D eigenvalue weighted by atomic mass is 10.0. The Hall–Kier alpha value is -2.64. The first kappa shape index (κ1) is 25.0.